The summed E-state index contributed by atoms with van der Waals surface area (Å²) in [6, 6.07) is 4.68. The number of rotatable bonds is 2. The predicted octanol–water partition coefficient (Wildman–Crippen LogP) is 3.48. The molecule has 0 saturated carbocycles. The highest BCUT2D eigenvalue weighted by Gasteiger charge is 2.27. The van der Waals surface area contributed by atoms with Gasteiger partial charge in [-0.05, 0) is 27.4 Å². The highest BCUT2D eigenvalue weighted by molar-refractivity contribution is 9.11. The van der Waals surface area contributed by atoms with E-state index in [0.717, 1.165) is 0 Å². The molecule has 88 valence electrons. The molecule has 0 aliphatic heterocycles. The molecule has 8 heteroatoms. The number of aromatic nitrogens is 1. The van der Waals surface area contributed by atoms with Crippen LogP contribution in [0.25, 0.3) is 10.6 Å². The van der Waals surface area contributed by atoms with Gasteiger partial charge >= 0.3 is 0 Å². The Morgan fingerprint density at radius 1 is 1.41 bits per heavy atom. The first-order valence-corrected chi connectivity index (χ1v) is 6.78. The lowest BCUT2D eigenvalue weighted by Crippen LogP contribution is -2.31. The van der Waals surface area contributed by atoms with E-state index in [2.05, 4.69) is 31.9 Å². The average Bonchev–Trinajstić information content (AvgIpc) is 2.76. The zero-order chi connectivity index (χ0) is 12.6. The van der Waals surface area contributed by atoms with E-state index in [-0.39, 0.29) is 20.5 Å². The molecule has 2 rings (SSSR count). The molecule has 0 aromatic carbocycles. The van der Waals surface area contributed by atoms with Crippen molar-refractivity contribution in [1.82, 2.24) is 0 Å². The van der Waals surface area contributed by atoms with Crippen LogP contribution in [0, 0.1) is 15.3 Å². The Bertz CT molecular complexity index is 586. The molecule has 0 radical (unpaired) electrons. The van der Waals surface area contributed by atoms with Gasteiger partial charge in [0, 0.05) is 15.9 Å². The highest BCUT2D eigenvalue weighted by Crippen LogP contribution is 2.36. The van der Waals surface area contributed by atoms with E-state index in [1.54, 1.807) is 17.5 Å². The summed E-state index contributed by atoms with van der Waals surface area (Å²) in [6.07, 6.45) is 0. The standard InChI is InChI=1S/C9H4Br2N2O3S/c10-7-4-5(13(15)16)8(11)9(12(7)14)6-2-1-3-17-6/h1-4H. The first-order valence-electron chi connectivity index (χ1n) is 4.32. The van der Waals surface area contributed by atoms with Gasteiger partial charge in [0.1, 0.15) is 4.88 Å². The molecular formula is C9H4Br2N2O3S. The summed E-state index contributed by atoms with van der Waals surface area (Å²) in [4.78, 5) is 11.0. The molecule has 0 N–H and O–H groups in total. The Morgan fingerprint density at radius 2 is 2.12 bits per heavy atom. The number of nitrogens with zero attached hydrogens (tertiary/aromatic N) is 2. The molecule has 0 atom stereocenters. The lowest BCUT2D eigenvalue weighted by atomic mass is 10.3. The predicted molar refractivity (Wildman–Crippen MR) is 70.8 cm³/mol. The van der Waals surface area contributed by atoms with Crippen molar-refractivity contribution in [2.45, 2.75) is 0 Å². The molecule has 2 aromatic heterocycles. The Morgan fingerprint density at radius 3 is 2.65 bits per heavy atom. The van der Waals surface area contributed by atoms with Crippen LogP contribution in [0.4, 0.5) is 5.69 Å². The monoisotopic (exact) mass is 378 g/mol. The van der Waals surface area contributed by atoms with Crippen molar-refractivity contribution < 1.29 is 9.65 Å². The molecule has 5 nitrogen and oxygen atoms in total. The third kappa shape index (κ3) is 2.20. The Kier molecular flexibility index (Phi) is 3.45. The number of hydrogen-bond acceptors (Lipinski definition) is 4. The van der Waals surface area contributed by atoms with Gasteiger partial charge in [-0.3, -0.25) is 10.1 Å². The summed E-state index contributed by atoms with van der Waals surface area (Å²) in [5.41, 5.74) is 0.0912. The van der Waals surface area contributed by atoms with Crippen molar-refractivity contribution in [3.63, 3.8) is 0 Å². The molecule has 0 saturated heterocycles. The molecule has 0 aliphatic carbocycles. The van der Waals surface area contributed by atoms with Crippen LogP contribution in [0.2, 0.25) is 0 Å². The van der Waals surface area contributed by atoms with Crippen LogP contribution in [-0.4, -0.2) is 4.92 Å². The minimum absolute atomic E-state index is 0.107. The topological polar surface area (TPSA) is 70.1 Å². The van der Waals surface area contributed by atoms with Crippen LogP contribution in [0.3, 0.4) is 0 Å². The first kappa shape index (κ1) is 12.5. The molecular weight excluding hydrogens is 376 g/mol. The van der Waals surface area contributed by atoms with E-state index in [9.17, 15) is 15.3 Å². The van der Waals surface area contributed by atoms with Crippen molar-refractivity contribution in [3.8, 4) is 10.6 Å². The molecule has 0 spiro atoms. The maximum absolute atomic E-state index is 11.9. The van der Waals surface area contributed by atoms with Crippen LogP contribution < -0.4 is 4.73 Å². The minimum Gasteiger partial charge on any atom is -0.617 e. The summed E-state index contributed by atoms with van der Waals surface area (Å²) in [6.45, 7) is 0. The van der Waals surface area contributed by atoms with Crippen molar-refractivity contribution in [2.75, 3.05) is 0 Å². The normalized spacial score (nSPS) is 10.5. The van der Waals surface area contributed by atoms with E-state index in [1.165, 1.54) is 17.4 Å². The van der Waals surface area contributed by atoms with Gasteiger partial charge in [0.05, 0.1) is 11.0 Å². The quantitative estimate of drug-likeness (QED) is 0.263. The fourth-order valence-corrected chi connectivity index (χ4v) is 3.22. The van der Waals surface area contributed by atoms with Gasteiger partial charge in [-0.15, -0.1) is 11.3 Å². The summed E-state index contributed by atoms with van der Waals surface area (Å²) in [5.74, 6) is 0. The van der Waals surface area contributed by atoms with Crippen molar-refractivity contribution in [1.29, 1.82) is 0 Å². The molecule has 2 aromatic rings. The van der Waals surface area contributed by atoms with Crippen LogP contribution >= 0.6 is 43.2 Å². The Balaban J connectivity index is 2.78. The van der Waals surface area contributed by atoms with E-state index in [1.807, 2.05) is 0 Å². The Labute approximate surface area is 117 Å². The van der Waals surface area contributed by atoms with Crippen molar-refractivity contribution in [3.05, 3.63) is 48.0 Å². The fraction of sp³-hybridized carbons (Fsp3) is 0. The summed E-state index contributed by atoms with van der Waals surface area (Å²) < 4.78 is 0.905. The second-order valence-corrected chi connectivity index (χ2v) is 5.60. The molecule has 17 heavy (non-hydrogen) atoms. The SMILES string of the molecule is O=[N+]([O-])c1cc(Br)[n+]([O-])c(-c2cccs2)c1Br. The van der Waals surface area contributed by atoms with Gasteiger partial charge in [0.15, 0.2) is 4.47 Å². The maximum atomic E-state index is 11.9. The Hall–Kier alpha value is -0.990. The average molecular weight is 380 g/mol. The third-order valence-electron chi connectivity index (χ3n) is 2.04. The van der Waals surface area contributed by atoms with Gasteiger partial charge in [-0.1, -0.05) is 6.07 Å². The third-order valence-corrected chi connectivity index (χ3v) is 4.25. The first-order chi connectivity index (χ1) is 8.02. The number of halogens is 2. The molecule has 0 aliphatic rings. The molecule has 2 heterocycles. The van der Waals surface area contributed by atoms with Gasteiger partial charge in [0.25, 0.3) is 16.0 Å². The van der Waals surface area contributed by atoms with Crippen LogP contribution in [-0.2, 0) is 0 Å². The lowest BCUT2D eigenvalue weighted by molar-refractivity contribution is -0.606. The molecule has 0 fully saturated rings. The van der Waals surface area contributed by atoms with Crippen molar-refractivity contribution in [2.24, 2.45) is 0 Å². The second kappa shape index (κ2) is 4.71. The number of nitro groups is 1. The van der Waals surface area contributed by atoms with Crippen LogP contribution in [0.1, 0.15) is 0 Å². The summed E-state index contributed by atoms with van der Waals surface area (Å²) in [5, 5.41) is 24.5. The van der Waals surface area contributed by atoms with Gasteiger partial charge in [-0.25, -0.2) is 0 Å². The van der Waals surface area contributed by atoms with E-state index in [4.69, 9.17) is 0 Å². The van der Waals surface area contributed by atoms with Gasteiger partial charge in [0.2, 0.25) is 0 Å². The largest absolute Gasteiger partial charge is 0.617 e. The molecule has 0 amide bonds. The van der Waals surface area contributed by atoms with Gasteiger partial charge < -0.3 is 5.21 Å². The minimum atomic E-state index is -0.536. The van der Waals surface area contributed by atoms with Crippen molar-refractivity contribution >= 4 is 48.9 Å². The molecule has 0 bridgehead atoms. The van der Waals surface area contributed by atoms with Crippen LogP contribution in [0.5, 0.6) is 0 Å². The zero-order valence-corrected chi connectivity index (χ0v) is 12.1. The van der Waals surface area contributed by atoms with Crippen LogP contribution in [0.15, 0.2) is 32.7 Å². The van der Waals surface area contributed by atoms with Gasteiger partial charge in [-0.2, -0.15) is 4.73 Å². The smallest absolute Gasteiger partial charge is 0.297 e. The summed E-state index contributed by atoms with van der Waals surface area (Å²) in [7, 11) is 0. The van der Waals surface area contributed by atoms with E-state index >= 15 is 0 Å². The fourth-order valence-electron chi connectivity index (χ4n) is 1.31. The maximum Gasteiger partial charge on any atom is 0.297 e. The molecule has 0 unspecified atom stereocenters. The lowest BCUT2D eigenvalue weighted by Gasteiger charge is -2.06. The second-order valence-electron chi connectivity index (χ2n) is 3.04. The zero-order valence-electron chi connectivity index (χ0n) is 8.09. The number of pyridine rings is 1. The number of hydrogen-bond donors (Lipinski definition) is 0. The van der Waals surface area contributed by atoms with E-state index < -0.39 is 4.92 Å². The highest BCUT2D eigenvalue weighted by atomic mass is 79.9. The number of thiophene rings is 1. The summed E-state index contributed by atoms with van der Waals surface area (Å²) >= 11 is 7.47. The van der Waals surface area contributed by atoms with E-state index in [0.29, 0.717) is 9.61 Å².